The number of nitrogens with zero attached hydrogens (tertiary/aromatic N) is 2. The SMILES string of the molecule is NC1(c2noc(CCSc3ccccc3Br)n2)CCC1. The third kappa shape index (κ3) is 2.92. The van der Waals surface area contributed by atoms with Crippen molar-refractivity contribution in [1.29, 1.82) is 0 Å². The molecule has 0 atom stereocenters. The maximum absolute atomic E-state index is 6.18. The molecule has 0 spiro atoms. The quantitative estimate of drug-likeness (QED) is 0.833. The highest BCUT2D eigenvalue weighted by Gasteiger charge is 2.38. The number of benzene rings is 1. The lowest BCUT2D eigenvalue weighted by Gasteiger charge is -2.34. The van der Waals surface area contributed by atoms with E-state index < -0.39 is 0 Å². The maximum atomic E-state index is 6.18. The van der Waals surface area contributed by atoms with Crippen LogP contribution in [0.25, 0.3) is 0 Å². The molecule has 2 aromatic rings. The smallest absolute Gasteiger partial charge is 0.227 e. The zero-order valence-corrected chi connectivity index (χ0v) is 13.4. The topological polar surface area (TPSA) is 64.9 Å². The predicted octanol–water partition coefficient (Wildman–Crippen LogP) is 3.50. The van der Waals surface area contributed by atoms with E-state index in [-0.39, 0.29) is 5.54 Å². The fourth-order valence-corrected chi connectivity index (χ4v) is 3.66. The molecule has 20 heavy (non-hydrogen) atoms. The molecule has 0 bridgehead atoms. The molecule has 2 N–H and O–H groups in total. The summed E-state index contributed by atoms with van der Waals surface area (Å²) in [7, 11) is 0. The monoisotopic (exact) mass is 353 g/mol. The van der Waals surface area contributed by atoms with E-state index in [1.54, 1.807) is 11.8 Å². The van der Waals surface area contributed by atoms with Crippen LogP contribution in [-0.4, -0.2) is 15.9 Å². The fraction of sp³-hybridized carbons (Fsp3) is 0.429. The van der Waals surface area contributed by atoms with Crippen molar-refractivity contribution < 1.29 is 4.52 Å². The summed E-state index contributed by atoms with van der Waals surface area (Å²) in [6.07, 6.45) is 3.82. The fourth-order valence-electron chi connectivity index (χ4n) is 2.15. The van der Waals surface area contributed by atoms with E-state index in [0.29, 0.717) is 11.7 Å². The Morgan fingerprint density at radius 1 is 1.35 bits per heavy atom. The van der Waals surface area contributed by atoms with E-state index in [1.807, 2.05) is 18.2 Å². The van der Waals surface area contributed by atoms with Crippen LogP contribution in [0.1, 0.15) is 31.0 Å². The minimum atomic E-state index is -0.336. The van der Waals surface area contributed by atoms with Crippen LogP contribution in [-0.2, 0) is 12.0 Å². The summed E-state index contributed by atoms with van der Waals surface area (Å²) in [6, 6.07) is 8.18. The van der Waals surface area contributed by atoms with Crippen LogP contribution in [0.3, 0.4) is 0 Å². The number of hydrogen-bond donors (Lipinski definition) is 1. The number of rotatable bonds is 5. The molecule has 106 valence electrons. The molecular weight excluding hydrogens is 338 g/mol. The van der Waals surface area contributed by atoms with Crippen molar-refractivity contribution in [2.24, 2.45) is 5.73 Å². The van der Waals surface area contributed by atoms with Gasteiger partial charge in [0.15, 0.2) is 5.82 Å². The Labute approximate surface area is 130 Å². The molecule has 4 nitrogen and oxygen atoms in total. The second-order valence-corrected chi connectivity index (χ2v) is 7.04. The number of aromatic nitrogens is 2. The largest absolute Gasteiger partial charge is 0.339 e. The first-order valence-electron chi connectivity index (χ1n) is 6.67. The van der Waals surface area contributed by atoms with Crippen molar-refractivity contribution in [2.75, 3.05) is 5.75 Å². The molecule has 1 saturated carbocycles. The molecule has 1 heterocycles. The van der Waals surface area contributed by atoms with Gasteiger partial charge in [-0.3, -0.25) is 0 Å². The van der Waals surface area contributed by atoms with Crippen LogP contribution < -0.4 is 5.73 Å². The number of thioether (sulfide) groups is 1. The highest BCUT2D eigenvalue weighted by molar-refractivity contribution is 9.10. The van der Waals surface area contributed by atoms with Crippen LogP contribution in [0.4, 0.5) is 0 Å². The van der Waals surface area contributed by atoms with Crippen molar-refractivity contribution in [3.63, 3.8) is 0 Å². The van der Waals surface area contributed by atoms with Crippen LogP contribution >= 0.6 is 27.7 Å². The van der Waals surface area contributed by atoms with Gasteiger partial charge in [0.2, 0.25) is 5.89 Å². The summed E-state index contributed by atoms with van der Waals surface area (Å²) >= 11 is 5.31. The zero-order valence-electron chi connectivity index (χ0n) is 11.0. The first-order valence-corrected chi connectivity index (χ1v) is 8.44. The molecule has 1 aliphatic carbocycles. The molecule has 0 amide bonds. The molecule has 0 unspecified atom stereocenters. The Hall–Kier alpha value is -0.850. The molecule has 0 aliphatic heterocycles. The second-order valence-electron chi connectivity index (χ2n) is 5.05. The molecule has 1 aliphatic rings. The lowest BCUT2D eigenvalue weighted by molar-refractivity contribution is 0.229. The van der Waals surface area contributed by atoms with Crippen molar-refractivity contribution in [2.45, 2.75) is 36.1 Å². The number of hydrogen-bond acceptors (Lipinski definition) is 5. The Kier molecular flexibility index (Phi) is 4.14. The first-order chi connectivity index (χ1) is 9.67. The van der Waals surface area contributed by atoms with Crippen LogP contribution in [0, 0.1) is 0 Å². The molecule has 1 fully saturated rings. The average molecular weight is 354 g/mol. The highest BCUT2D eigenvalue weighted by Crippen LogP contribution is 2.37. The van der Waals surface area contributed by atoms with Crippen molar-refractivity contribution in [3.05, 3.63) is 40.5 Å². The van der Waals surface area contributed by atoms with Crippen LogP contribution in [0.5, 0.6) is 0 Å². The summed E-state index contributed by atoms with van der Waals surface area (Å²) in [6.45, 7) is 0. The van der Waals surface area contributed by atoms with E-state index in [4.69, 9.17) is 10.3 Å². The minimum Gasteiger partial charge on any atom is -0.339 e. The summed E-state index contributed by atoms with van der Waals surface area (Å²) < 4.78 is 6.41. The number of halogens is 1. The third-order valence-corrected chi connectivity index (χ3v) is 5.60. The zero-order chi connectivity index (χ0) is 14.0. The van der Waals surface area contributed by atoms with Crippen molar-refractivity contribution in [1.82, 2.24) is 10.1 Å². The Morgan fingerprint density at radius 2 is 2.15 bits per heavy atom. The molecule has 0 radical (unpaired) electrons. The first kappa shape index (κ1) is 14.1. The minimum absolute atomic E-state index is 0.336. The van der Waals surface area contributed by atoms with Gasteiger partial charge in [-0.2, -0.15) is 4.98 Å². The molecule has 1 aromatic heterocycles. The van der Waals surface area contributed by atoms with Crippen molar-refractivity contribution in [3.8, 4) is 0 Å². The summed E-state index contributed by atoms with van der Waals surface area (Å²) in [4.78, 5) is 5.65. The lowest BCUT2D eigenvalue weighted by atomic mass is 9.77. The normalized spacial score (nSPS) is 16.9. The second kappa shape index (κ2) is 5.87. The van der Waals surface area contributed by atoms with Gasteiger partial charge < -0.3 is 10.3 Å². The molecular formula is C14H16BrN3OS. The van der Waals surface area contributed by atoms with Gasteiger partial charge in [0.1, 0.15) is 0 Å². The molecule has 3 rings (SSSR count). The standard InChI is InChI=1S/C14H16BrN3OS/c15-10-4-1-2-5-11(10)20-9-6-12-17-13(18-19-12)14(16)7-3-8-14/h1-2,4-5H,3,6-9,16H2. The molecule has 1 aromatic carbocycles. The average Bonchev–Trinajstić information content (AvgIpc) is 2.87. The highest BCUT2D eigenvalue weighted by atomic mass is 79.9. The summed E-state index contributed by atoms with van der Waals surface area (Å²) in [5.41, 5.74) is 5.84. The molecule has 6 heteroatoms. The summed E-state index contributed by atoms with van der Waals surface area (Å²) in [5.74, 6) is 2.25. The Bertz CT molecular complexity index is 598. The van der Waals surface area contributed by atoms with E-state index >= 15 is 0 Å². The van der Waals surface area contributed by atoms with E-state index in [0.717, 1.165) is 35.9 Å². The van der Waals surface area contributed by atoms with Crippen LogP contribution in [0.15, 0.2) is 38.2 Å². The van der Waals surface area contributed by atoms with E-state index in [9.17, 15) is 0 Å². The number of nitrogens with two attached hydrogens (primary N) is 1. The van der Waals surface area contributed by atoms with Gasteiger partial charge in [-0.15, -0.1) is 11.8 Å². The van der Waals surface area contributed by atoms with E-state index in [2.05, 4.69) is 32.1 Å². The Balaban J connectivity index is 1.55. The lowest BCUT2D eigenvalue weighted by Crippen LogP contribution is -2.44. The van der Waals surface area contributed by atoms with E-state index in [1.165, 1.54) is 4.90 Å². The Morgan fingerprint density at radius 3 is 2.85 bits per heavy atom. The van der Waals surface area contributed by atoms with Gasteiger partial charge >= 0.3 is 0 Å². The van der Waals surface area contributed by atoms with Gasteiger partial charge in [0.05, 0.1) is 5.54 Å². The summed E-state index contributed by atoms with van der Waals surface area (Å²) in [5, 5.41) is 4.02. The van der Waals surface area contributed by atoms with Crippen LogP contribution in [0.2, 0.25) is 0 Å². The molecule has 0 saturated heterocycles. The maximum Gasteiger partial charge on any atom is 0.227 e. The van der Waals surface area contributed by atoms with Crippen molar-refractivity contribution >= 4 is 27.7 Å². The van der Waals surface area contributed by atoms with Gasteiger partial charge in [-0.25, -0.2) is 0 Å². The van der Waals surface area contributed by atoms with Gasteiger partial charge in [0.25, 0.3) is 0 Å². The predicted molar refractivity (Wildman–Crippen MR) is 82.6 cm³/mol. The third-order valence-electron chi connectivity index (χ3n) is 3.57. The van der Waals surface area contributed by atoms with Gasteiger partial charge in [-0.1, -0.05) is 17.3 Å². The van der Waals surface area contributed by atoms with Gasteiger partial charge in [-0.05, 0) is 47.3 Å². The number of aryl methyl sites for hydroxylation is 1. The van der Waals surface area contributed by atoms with Gasteiger partial charge in [0, 0.05) is 21.5 Å².